The molecule has 142 valence electrons. The number of rotatable bonds is 6. The normalized spacial score (nSPS) is 10.5. The van der Waals surface area contributed by atoms with E-state index in [1.54, 1.807) is 11.6 Å². The van der Waals surface area contributed by atoms with Gasteiger partial charge in [0.15, 0.2) is 0 Å². The largest absolute Gasteiger partial charge is 0.493 e. The van der Waals surface area contributed by atoms with E-state index < -0.39 is 5.97 Å². The molecule has 0 atom stereocenters. The van der Waals surface area contributed by atoms with E-state index in [-0.39, 0.29) is 5.69 Å². The lowest BCUT2D eigenvalue weighted by Crippen LogP contribution is -2.07. The van der Waals surface area contributed by atoms with Gasteiger partial charge in [-0.05, 0) is 30.5 Å². The molecular formula is C23H22N2O3. The molecule has 5 nitrogen and oxygen atoms in total. The van der Waals surface area contributed by atoms with E-state index in [1.807, 2.05) is 62.4 Å². The van der Waals surface area contributed by atoms with Crippen molar-refractivity contribution in [1.29, 1.82) is 0 Å². The van der Waals surface area contributed by atoms with Gasteiger partial charge in [-0.2, -0.15) is 0 Å². The van der Waals surface area contributed by atoms with Crippen LogP contribution in [0.2, 0.25) is 0 Å². The Bertz CT molecular complexity index is 1060. The number of aromatic carboxylic acids is 1. The molecule has 0 aliphatic carbocycles. The van der Waals surface area contributed by atoms with Crippen LogP contribution in [0.25, 0.3) is 27.1 Å². The van der Waals surface area contributed by atoms with Crippen molar-refractivity contribution < 1.29 is 14.6 Å². The number of hydrogen-bond acceptors (Lipinski definition) is 2. The third-order valence-electron chi connectivity index (χ3n) is 4.81. The maximum absolute atomic E-state index is 11.9. The summed E-state index contributed by atoms with van der Waals surface area (Å²) in [5, 5.41) is 9.72. The van der Waals surface area contributed by atoms with Crippen molar-refractivity contribution in [3.8, 4) is 28.0 Å². The van der Waals surface area contributed by atoms with E-state index in [9.17, 15) is 9.90 Å². The molecule has 0 saturated heterocycles. The van der Waals surface area contributed by atoms with E-state index in [0.717, 1.165) is 28.1 Å². The predicted molar refractivity (Wildman–Crippen MR) is 110 cm³/mol. The first-order valence-electron chi connectivity index (χ1n) is 9.18. The quantitative estimate of drug-likeness (QED) is 0.574. The molecule has 3 rings (SSSR count). The van der Waals surface area contributed by atoms with Gasteiger partial charge in [0, 0.05) is 23.9 Å². The zero-order chi connectivity index (χ0) is 20.3. The van der Waals surface area contributed by atoms with Crippen molar-refractivity contribution in [2.45, 2.75) is 20.3 Å². The molecule has 2 aromatic carbocycles. The lowest BCUT2D eigenvalue weighted by Gasteiger charge is -2.11. The van der Waals surface area contributed by atoms with Crippen molar-refractivity contribution >= 4 is 11.7 Å². The van der Waals surface area contributed by atoms with Gasteiger partial charge in [0.05, 0.1) is 13.2 Å². The molecule has 1 N–H and O–H groups in total. The molecule has 0 radical (unpaired) electrons. The Morgan fingerprint density at radius 3 is 2.32 bits per heavy atom. The third kappa shape index (κ3) is 3.25. The van der Waals surface area contributed by atoms with Crippen LogP contribution < -0.4 is 4.74 Å². The van der Waals surface area contributed by atoms with Crippen molar-refractivity contribution in [3.05, 3.63) is 71.3 Å². The fraction of sp³-hybridized carbons (Fsp3) is 0.217. The summed E-state index contributed by atoms with van der Waals surface area (Å²) in [6.45, 7) is 12.0. The molecule has 0 saturated carbocycles. The second-order valence-corrected chi connectivity index (χ2v) is 6.35. The Morgan fingerprint density at radius 2 is 1.75 bits per heavy atom. The number of para-hydroxylation sites is 1. The van der Waals surface area contributed by atoms with Gasteiger partial charge in [-0.25, -0.2) is 9.64 Å². The maximum atomic E-state index is 11.9. The summed E-state index contributed by atoms with van der Waals surface area (Å²) >= 11 is 0. The number of benzene rings is 2. The highest BCUT2D eigenvalue weighted by Crippen LogP contribution is 2.40. The van der Waals surface area contributed by atoms with E-state index in [4.69, 9.17) is 11.3 Å². The van der Waals surface area contributed by atoms with Crippen molar-refractivity contribution in [1.82, 2.24) is 4.57 Å². The summed E-state index contributed by atoms with van der Waals surface area (Å²) in [4.78, 5) is 15.5. The van der Waals surface area contributed by atoms with Crippen LogP contribution in [0, 0.1) is 6.57 Å². The second-order valence-electron chi connectivity index (χ2n) is 6.35. The van der Waals surface area contributed by atoms with Gasteiger partial charge in [0.1, 0.15) is 11.4 Å². The minimum atomic E-state index is -1.03. The predicted octanol–water partition coefficient (Wildman–Crippen LogP) is 5.57. The maximum Gasteiger partial charge on any atom is 0.351 e. The minimum absolute atomic E-state index is 0.144. The van der Waals surface area contributed by atoms with Crippen LogP contribution in [0.1, 0.15) is 30.0 Å². The Morgan fingerprint density at radius 1 is 1.11 bits per heavy atom. The second kappa shape index (κ2) is 8.01. The average Bonchev–Trinajstić information content (AvgIpc) is 3.00. The number of ether oxygens (including phenoxy) is 1. The monoisotopic (exact) mass is 374 g/mol. The number of carboxylic acids is 1. The van der Waals surface area contributed by atoms with Crippen molar-refractivity contribution in [2.75, 3.05) is 6.61 Å². The molecule has 1 aromatic heterocycles. The molecule has 0 fully saturated rings. The number of hydrogen-bond donors (Lipinski definition) is 1. The van der Waals surface area contributed by atoms with Crippen LogP contribution >= 0.6 is 0 Å². The van der Waals surface area contributed by atoms with E-state index >= 15 is 0 Å². The zero-order valence-electron chi connectivity index (χ0n) is 16.2. The highest BCUT2D eigenvalue weighted by Gasteiger charge is 2.25. The summed E-state index contributed by atoms with van der Waals surface area (Å²) in [7, 11) is 1.70. The SMILES string of the molecule is [C-]#[N+]c1c(-c2ccc(-c3ccccc3OCC)cc2)c(C(=O)O)n(C)c1CC. The molecule has 0 amide bonds. The summed E-state index contributed by atoms with van der Waals surface area (Å²) < 4.78 is 7.32. The van der Waals surface area contributed by atoms with Gasteiger partial charge in [-0.15, -0.1) is 0 Å². The first-order valence-corrected chi connectivity index (χ1v) is 9.18. The zero-order valence-corrected chi connectivity index (χ0v) is 16.2. The molecule has 3 aromatic rings. The molecule has 28 heavy (non-hydrogen) atoms. The highest BCUT2D eigenvalue weighted by molar-refractivity contribution is 6.01. The fourth-order valence-electron chi connectivity index (χ4n) is 3.57. The fourth-order valence-corrected chi connectivity index (χ4v) is 3.57. The summed E-state index contributed by atoms with van der Waals surface area (Å²) in [5.41, 5.74) is 4.42. The van der Waals surface area contributed by atoms with Crippen LogP contribution in [-0.4, -0.2) is 22.2 Å². The molecule has 1 heterocycles. The van der Waals surface area contributed by atoms with Crippen LogP contribution in [0.15, 0.2) is 48.5 Å². The molecule has 0 bridgehead atoms. The lowest BCUT2D eigenvalue weighted by atomic mass is 9.98. The minimum Gasteiger partial charge on any atom is -0.493 e. The van der Waals surface area contributed by atoms with Crippen LogP contribution in [0.4, 0.5) is 5.69 Å². The van der Waals surface area contributed by atoms with Gasteiger partial charge in [-0.1, -0.05) is 49.4 Å². The average molecular weight is 374 g/mol. The third-order valence-corrected chi connectivity index (χ3v) is 4.81. The first kappa shape index (κ1) is 19.2. The smallest absolute Gasteiger partial charge is 0.351 e. The molecular weight excluding hydrogens is 352 g/mol. The summed E-state index contributed by atoms with van der Waals surface area (Å²) in [5.74, 6) is -0.230. The Kier molecular flexibility index (Phi) is 5.51. The number of nitrogens with zero attached hydrogens (tertiary/aromatic N) is 2. The summed E-state index contributed by atoms with van der Waals surface area (Å²) in [6, 6.07) is 15.4. The van der Waals surface area contributed by atoms with E-state index in [2.05, 4.69) is 4.85 Å². The lowest BCUT2D eigenvalue weighted by molar-refractivity contribution is 0.0687. The first-order chi connectivity index (χ1) is 13.5. The topological polar surface area (TPSA) is 55.8 Å². The molecule has 0 unspecified atom stereocenters. The molecule has 0 aliphatic rings. The number of carbonyl (C=O) groups is 1. The Hall–Kier alpha value is -3.52. The van der Waals surface area contributed by atoms with E-state index in [1.165, 1.54) is 0 Å². The summed E-state index contributed by atoms with van der Waals surface area (Å²) in [6.07, 6.45) is 0.592. The van der Waals surface area contributed by atoms with Crippen LogP contribution in [-0.2, 0) is 13.5 Å². The van der Waals surface area contributed by atoms with Gasteiger partial charge in [0.25, 0.3) is 0 Å². The van der Waals surface area contributed by atoms with Crippen molar-refractivity contribution in [2.24, 2.45) is 7.05 Å². The van der Waals surface area contributed by atoms with Crippen LogP contribution in [0.5, 0.6) is 5.75 Å². The molecule has 0 spiro atoms. The Labute approximate surface area is 164 Å². The van der Waals surface area contributed by atoms with Gasteiger partial charge < -0.3 is 14.4 Å². The van der Waals surface area contributed by atoms with Gasteiger partial charge in [-0.3, -0.25) is 0 Å². The highest BCUT2D eigenvalue weighted by atomic mass is 16.5. The van der Waals surface area contributed by atoms with E-state index in [0.29, 0.717) is 24.3 Å². The standard InChI is InChI=1S/C23H22N2O3/c1-5-18-21(24-3)20(22(23(26)27)25(18)4)16-13-11-15(12-14-16)17-9-7-8-10-19(17)28-6-2/h7-14H,5-6H2,1-2,4H3,(H,26,27). The molecule has 5 heteroatoms. The number of carboxylic acid groups (broad SMARTS) is 1. The molecule has 0 aliphatic heterocycles. The number of aromatic nitrogens is 1. The van der Waals surface area contributed by atoms with Gasteiger partial charge >= 0.3 is 5.97 Å². The van der Waals surface area contributed by atoms with Gasteiger partial charge in [0.2, 0.25) is 5.69 Å². The Balaban J connectivity index is 2.14. The van der Waals surface area contributed by atoms with Crippen molar-refractivity contribution in [3.63, 3.8) is 0 Å². The van der Waals surface area contributed by atoms with Crippen LogP contribution in [0.3, 0.4) is 0 Å².